The topological polar surface area (TPSA) is 53.1 Å². The molecule has 0 saturated heterocycles. The number of nitrogen functional groups attached to an aromatic ring is 1. The van der Waals surface area contributed by atoms with Crippen LogP contribution in [-0.4, -0.2) is 16.7 Å². The Morgan fingerprint density at radius 2 is 2.06 bits per heavy atom. The van der Waals surface area contributed by atoms with E-state index in [2.05, 4.69) is 11.9 Å². The first-order valence-electron chi connectivity index (χ1n) is 6.15. The molecule has 0 aliphatic rings. The standard InChI is InChI=1S/C14H19N3O/c1-4-9-17-10(2)16-13(14(17)15)11-7-5-6-8-12(11)18-3/h5-8H,4,9,15H2,1-3H3. The highest BCUT2D eigenvalue weighted by atomic mass is 16.5. The number of benzene rings is 1. The summed E-state index contributed by atoms with van der Waals surface area (Å²) in [4.78, 5) is 4.57. The predicted octanol–water partition coefficient (Wildman–Crippen LogP) is 2.86. The Labute approximate surface area is 107 Å². The lowest BCUT2D eigenvalue weighted by Crippen LogP contribution is -2.04. The van der Waals surface area contributed by atoms with Gasteiger partial charge in [-0.2, -0.15) is 0 Å². The molecule has 0 fully saturated rings. The smallest absolute Gasteiger partial charge is 0.131 e. The molecule has 1 heterocycles. The number of rotatable bonds is 4. The van der Waals surface area contributed by atoms with E-state index in [0.29, 0.717) is 5.82 Å². The predicted molar refractivity (Wildman–Crippen MR) is 73.7 cm³/mol. The van der Waals surface area contributed by atoms with Crippen molar-refractivity contribution in [1.82, 2.24) is 9.55 Å². The highest BCUT2D eigenvalue weighted by Crippen LogP contribution is 2.33. The number of aryl methyl sites for hydroxylation is 1. The van der Waals surface area contributed by atoms with E-state index in [0.717, 1.165) is 35.8 Å². The number of methoxy groups -OCH3 is 1. The van der Waals surface area contributed by atoms with Crippen molar-refractivity contribution in [3.8, 4) is 17.0 Å². The summed E-state index contributed by atoms with van der Waals surface area (Å²) < 4.78 is 7.40. The quantitative estimate of drug-likeness (QED) is 0.901. The van der Waals surface area contributed by atoms with Crippen LogP contribution in [0, 0.1) is 6.92 Å². The van der Waals surface area contributed by atoms with E-state index in [9.17, 15) is 0 Å². The van der Waals surface area contributed by atoms with Crippen LogP contribution in [0.15, 0.2) is 24.3 Å². The Bertz CT molecular complexity index is 546. The second-order valence-electron chi connectivity index (χ2n) is 4.24. The first kappa shape index (κ1) is 12.5. The van der Waals surface area contributed by atoms with Crippen LogP contribution in [0.1, 0.15) is 19.2 Å². The largest absolute Gasteiger partial charge is 0.496 e. The number of imidazole rings is 1. The molecule has 4 nitrogen and oxygen atoms in total. The summed E-state index contributed by atoms with van der Waals surface area (Å²) in [6.07, 6.45) is 1.03. The van der Waals surface area contributed by atoms with E-state index >= 15 is 0 Å². The summed E-state index contributed by atoms with van der Waals surface area (Å²) >= 11 is 0. The molecule has 0 atom stereocenters. The number of hydrogen-bond acceptors (Lipinski definition) is 3. The molecule has 0 unspecified atom stereocenters. The Kier molecular flexibility index (Phi) is 3.55. The molecular weight excluding hydrogens is 226 g/mol. The molecular formula is C14H19N3O. The van der Waals surface area contributed by atoms with Crippen molar-refractivity contribution >= 4 is 5.82 Å². The Morgan fingerprint density at radius 1 is 1.33 bits per heavy atom. The van der Waals surface area contributed by atoms with Crippen molar-refractivity contribution in [1.29, 1.82) is 0 Å². The third-order valence-corrected chi connectivity index (χ3v) is 3.01. The molecule has 2 rings (SSSR count). The van der Waals surface area contributed by atoms with Gasteiger partial charge in [0.1, 0.15) is 23.1 Å². The molecule has 1 aromatic carbocycles. The third kappa shape index (κ3) is 2.06. The van der Waals surface area contributed by atoms with Gasteiger partial charge in [-0.05, 0) is 25.5 Å². The first-order valence-corrected chi connectivity index (χ1v) is 6.15. The second kappa shape index (κ2) is 5.12. The summed E-state index contributed by atoms with van der Waals surface area (Å²) in [7, 11) is 1.66. The van der Waals surface area contributed by atoms with Gasteiger partial charge in [0.2, 0.25) is 0 Å². The zero-order valence-electron chi connectivity index (χ0n) is 11.1. The van der Waals surface area contributed by atoms with Crippen LogP contribution in [0.5, 0.6) is 5.75 Å². The number of ether oxygens (including phenoxy) is 1. The van der Waals surface area contributed by atoms with Gasteiger partial charge in [-0.3, -0.25) is 0 Å². The maximum Gasteiger partial charge on any atom is 0.131 e. The van der Waals surface area contributed by atoms with Crippen LogP contribution in [0.25, 0.3) is 11.3 Å². The number of para-hydroxylation sites is 1. The number of hydrogen-bond donors (Lipinski definition) is 1. The van der Waals surface area contributed by atoms with Crippen molar-refractivity contribution in [2.75, 3.05) is 12.8 Å². The lowest BCUT2D eigenvalue weighted by Gasteiger charge is -2.08. The molecule has 0 aliphatic carbocycles. The van der Waals surface area contributed by atoms with Crippen LogP contribution in [0.4, 0.5) is 5.82 Å². The molecule has 0 radical (unpaired) electrons. The number of aromatic nitrogens is 2. The highest BCUT2D eigenvalue weighted by molar-refractivity contribution is 5.76. The summed E-state index contributed by atoms with van der Waals surface area (Å²) in [5, 5.41) is 0. The molecule has 0 amide bonds. The number of nitrogens with zero attached hydrogens (tertiary/aromatic N) is 2. The normalized spacial score (nSPS) is 10.6. The molecule has 0 spiro atoms. The first-order chi connectivity index (χ1) is 8.69. The zero-order chi connectivity index (χ0) is 13.1. The molecule has 0 saturated carbocycles. The fourth-order valence-corrected chi connectivity index (χ4v) is 2.13. The van der Waals surface area contributed by atoms with Crippen molar-refractivity contribution in [3.63, 3.8) is 0 Å². The molecule has 2 N–H and O–H groups in total. The summed E-state index contributed by atoms with van der Waals surface area (Å²) in [5.74, 6) is 2.44. The summed E-state index contributed by atoms with van der Waals surface area (Å²) in [5.41, 5.74) is 7.94. The van der Waals surface area contributed by atoms with Gasteiger partial charge in [0.15, 0.2) is 0 Å². The minimum Gasteiger partial charge on any atom is -0.496 e. The van der Waals surface area contributed by atoms with Crippen LogP contribution in [-0.2, 0) is 6.54 Å². The third-order valence-electron chi connectivity index (χ3n) is 3.01. The van der Waals surface area contributed by atoms with Gasteiger partial charge in [-0.25, -0.2) is 4.98 Å². The van der Waals surface area contributed by atoms with Crippen molar-refractivity contribution in [2.24, 2.45) is 0 Å². The zero-order valence-corrected chi connectivity index (χ0v) is 11.1. The van der Waals surface area contributed by atoms with Gasteiger partial charge in [0.05, 0.1) is 7.11 Å². The molecule has 18 heavy (non-hydrogen) atoms. The SMILES string of the molecule is CCCn1c(C)nc(-c2ccccc2OC)c1N. The number of anilines is 1. The average molecular weight is 245 g/mol. The van der Waals surface area contributed by atoms with Crippen molar-refractivity contribution in [3.05, 3.63) is 30.1 Å². The fourth-order valence-electron chi connectivity index (χ4n) is 2.13. The summed E-state index contributed by atoms with van der Waals surface area (Å²) in [6.45, 7) is 4.99. The average Bonchev–Trinajstić information content (AvgIpc) is 2.67. The minimum absolute atomic E-state index is 0.707. The minimum atomic E-state index is 0.707. The van der Waals surface area contributed by atoms with Gasteiger partial charge in [-0.1, -0.05) is 19.1 Å². The van der Waals surface area contributed by atoms with Gasteiger partial charge in [0.25, 0.3) is 0 Å². The molecule has 2 aromatic rings. The second-order valence-corrected chi connectivity index (χ2v) is 4.24. The van der Waals surface area contributed by atoms with E-state index < -0.39 is 0 Å². The fraction of sp³-hybridized carbons (Fsp3) is 0.357. The molecule has 0 aliphatic heterocycles. The molecule has 4 heteroatoms. The van der Waals surface area contributed by atoms with Gasteiger partial charge < -0.3 is 15.0 Å². The lowest BCUT2D eigenvalue weighted by molar-refractivity contribution is 0.416. The van der Waals surface area contributed by atoms with Crippen LogP contribution in [0.3, 0.4) is 0 Å². The van der Waals surface area contributed by atoms with Crippen LogP contribution < -0.4 is 10.5 Å². The Morgan fingerprint density at radius 3 is 2.72 bits per heavy atom. The van der Waals surface area contributed by atoms with Crippen molar-refractivity contribution in [2.45, 2.75) is 26.8 Å². The maximum atomic E-state index is 6.19. The Hall–Kier alpha value is -1.97. The highest BCUT2D eigenvalue weighted by Gasteiger charge is 2.15. The van der Waals surface area contributed by atoms with E-state index in [4.69, 9.17) is 10.5 Å². The van der Waals surface area contributed by atoms with E-state index in [1.165, 1.54) is 0 Å². The molecule has 96 valence electrons. The van der Waals surface area contributed by atoms with Gasteiger partial charge in [-0.15, -0.1) is 0 Å². The van der Waals surface area contributed by atoms with Crippen LogP contribution in [0.2, 0.25) is 0 Å². The Balaban J connectivity index is 2.54. The maximum absolute atomic E-state index is 6.19. The number of nitrogens with two attached hydrogens (primary N) is 1. The van der Waals surface area contributed by atoms with E-state index in [1.807, 2.05) is 35.8 Å². The van der Waals surface area contributed by atoms with Gasteiger partial charge >= 0.3 is 0 Å². The molecule has 0 bridgehead atoms. The summed E-state index contributed by atoms with van der Waals surface area (Å²) in [6, 6.07) is 7.80. The monoisotopic (exact) mass is 245 g/mol. The van der Waals surface area contributed by atoms with Gasteiger partial charge in [0, 0.05) is 12.1 Å². The molecule has 1 aromatic heterocycles. The van der Waals surface area contributed by atoms with Crippen LogP contribution >= 0.6 is 0 Å². The van der Waals surface area contributed by atoms with E-state index in [1.54, 1.807) is 7.11 Å². The van der Waals surface area contributed by atoms with E-state index in [-0.39, 0.29) is 0 Å². The van der Waals surface area contributed by atoms with Crippen molar-refractivity contribution < 1.29 is 4.74 Å². The lowest BCUT2D eigenvalue weighted by atomic mass is 10.1.